The summed E-state index contributed by atoms with van der Waals surface area (Å²) < 4.78 is 0. The van der Waals surface area contributed by atoms with Crippen molar-refractivity contribution >= 4 is 0 Å². The number of hydrogen-bond acceptors (Lipinski definition) is 2. The molecule has 2 aromatic heterocycles. The van der Waals surface area contributed by atoms with Gasteiger partial charge in [0.1, 0.15) is 0 Å². The third-order valence-corrected chi connectivity index (χ3v) is 3.91. The third kappa shape index (κ3) is 4.40. The predicted octanol–water partition coefficient (Wildman–Crippen LogP) is 4.86. The van der Waals surface area contributed by atoms with Gasteiger partial charge in [-0.3, -0.25) is 9.97 Å². The summed E-state index contributed by atoms with van der Waals surface area (Å²) in [7, 11) is 0. The molecule has 0 N–H and O–H groups in total. The van der Waals surface area contributed by atoms with Gasteiger partial charge in [-0.25, -0.2) is 0 Å². The number of rotatable bonds is 3. The molecule has 0 saturated heterocycles. The highest BCUT2D eigenvalue weighted by Gasteiger charge is 2.16. The first-order chi connectivity index (χ1) is 10.2. The highest BCUT2D eigenvalue weighted by molar-refractivity contribution is 5.25. The monoisotopic (exact) mass is 296 g/mol. The van der Waals surface area contributed by atoms with Gasteiger partial charge in [0.2, 0.25) is 0 Å². The van der Waals surface area contributed by atoms with Crippen molar-refractivity contribution in [1.82, 2.24) is 9.97 Å². The van der Waals surface area contributed by atoms with Crippen molar-refractivity contribution in [1.29, 1.82) is 0 Å². The van der Waals surface area contributed by atoms with Crippen LogP contribution in [0.1, 0.15) is 64.1 Å². The lowest BCUT2D eigenvalue weighted by atomic mass is 9.87. The van der Waals surface area contributed by atoms with Crippen molar-refractivity contribution < 1.29 is 0 Å². The molecular formula is C20H28N2. The molecule has 2 nitrogen and oxygen atoms in total. The van der Waals surface area contributed by atoms with Gasteiger partial charge in [0, 0.05) is 29.2 Å². The third-order valence-electron chi connectivity index (χ3n) is 3.91. The Hall–Kier alpha value is -1.70. The van der Waals surface area contributed by atoms with Crippen molar-refractivity contribution in [3.05, 3.63) is 59.2 Å². The van der Waals surface area contributed by atoms with Gasteiger partial charge in [0.15, 0.2) is 0 Å². The molecule has 2 rings (SSSR count). The van der Waals surface area contributed by atoms with Crippen LogP contribution in [0.2, 0.25) is 0 Å². The zero-order valence-corrected chi connectivity index (χ0v) is 14.8. The van der Waals surface area contributed by atoms with Crippen LogP contribution in [0.5, 0.6) is 0 Å². The van der Waals surface area contributed by atoms with Crippen LogP contribution in [-0.2, 0) is 23.7 Å². The van der Waals surface area contributed by atoms with E-state index in [1.165, 1.54) is 11.1 Å². The molecule has 2 heterocycles. The van der Waals surface area contributed by atoms with Crippen LogP contribution in [-0.4, -0.2) is 9.97 Å². The summed E-state index contributed by atoms with van der Waals surface area (Å²) in [5.74, 6) is 0. The molecule has 22 heavy (non-hydrogen) atoms. The Morgan fingerprint density at radius 1 is 0.864 bits per heavy atom. The predicted molar refractivity (Wildman–Crippen MR) is 93.3 cm³/mol. The quantitative estimate of drug-likeness (QED) is 0.808. The van der Waals surface area contributed by atoms with Crippen molar-refractivity contribution in [3.8, 4) is 0 Å². The van der Waals surface area contributed by atoms with Gasteiger partial charge in [0.05, 0.1) is 0 Å². The molecule has 118 valence electrons. The molecule has 2 aromatic rings. The van der Waals surface area contributed by atoms with E-state index < -0.39 is 0 Å². The fourth-order valence-corrected chi connectivity index (χ4v) is 2.34. The van der Waals surface area contributed by atoms with Crippen LogP contribution >= 0.6 is 0 Å². The minimum absolute atomic E-state index is 0.101. The standard InChI is InChI=1S/C20H28N2/c1-19(2,3)16-12-15(13-21-14-16)10-11-17-8-7-9-18(22-17)20(4,5)6/h7-9,12-14H,10-11H2,1-6H3. The maximum Gasteiger partial charge on any atom is 0.0460 e. The van der Waals surface area contributed by atoms with E-state index in [1.54, 1.807) is 0 Å². The molecule has 2 heteroatoms. The van der Waals surface area contributed by atoms with E-state index in [4.69, 9.17) is 4.98 Å². The average Bonchev–Trinajstić information content (AvgIpc) is 2.44. The van der Waals surface area contributed by atoms with Gasteiger partial charge < -0.3 is 0 Å². The largest absolute Gasteiger partial charge is 0.264 e. The molecule has 0 radical (unpaired) electrons. The first kappa shape index (κ1) is 16.7. The Labute approximate surface area is 135 Å². The summed E-state index contributed by atoms with van der Waals surface area (Å²) in [6.07, 6.45) is 5.89. The van der Waals surface area contributed by atoms with Gasteiger partial charge in [-0.2, -0.15) is 0 Å². The summed E-state index contributed by atoms with van der Waals surface area (Å²) >= 11 is 0. The number of aromatic nitrogens is 2. The summed E-state index contributed by atoms with van der Waals surface area (Å²) in [4.78, 5) is 9.21. The van der Waals surface area contributed by atoms with E-state index >= 15 is 0 Å². The number of aryl methyl sites for hydroxylation is 2. The van der Waals surface area contributed by atoms with Crippen molar-refractivity contribution in [2.45, 2.75) is 65.2 Å². The Morgan fingerprint density at radius 2 is 1.59 bits per heavy atom. The summed E-state index contributed by atoms with van der Waals surface area (Å²) in [5, 5.41) is 0. The van der Waals surface area contributed by atoms with Crippen LogP contribution in [0.3, 0.4) is 0 Å². The van der Waals surface area contributed by atoms with Crippen molar-refractivity contribution in [2.75, 3.05) is 0 Å². The minimum atomic E-state index is 0.101. The highest BCUT2D eigenvalue weighted by atomic mass is 14.7. The second-order valence-corrected chi connectivity index (χ2v) is 8.10. The first-order valence-electron chi connectivity index (χ1n) is 8.07. The van der Waals surface area contributed by atoms with Gasteiger partial charge in [-0.15, -0.1) is 0 Å². The summed E-state index contributed by atoms with van der Waals surface area (Å²) in [5.41, 5.74) is 5.15. The second kappa shape index (κ2) is 6.20. The molecule has 0 saturated carbocycles. The molecule has 0 spiro atoms. The van der Waals surface area contributed by atoms with Gasteiger partial charge in [0.25, 0.3) is 0 Å². The topological polar surface area (TPSA) is 25.8 Å². The Morgan fingerprint density at radius 3 is 2.23 bits per heavy atom. The molecule has 0 amide bonds. The van der Waals surface area contributed by atoms with Crippen LogP contribution in [0, 0.1) is 0 Å². The maximum absolute atomic E-state index is 4.81. The fraction of sp³-hybridized carbons (Fsp3) is 0.500. The molecule has 0 unspecified atom stereocenters. The van der Waals surface area contributed by atoms with Gasteiger partial charge in [-0.05, 0) is 41.5 Å². The Balaban J connectivity index is 2.11. The molecule has 0 aromatic carbocycles. The SMILES string of the molecule is CC(C)(C)c1cncc(CCc2cccc(C(C)(C)C)n2)c1. The number of hydrogen-bond donors (Lipinski definition) is 0. The number of pyridine rings is 2. The van der Waals surface area contributed by atoms with Crippen LogP contribution in [0.4, 0.5) is 0 Å². The molecular weight excluding hydrogens is 268 g/mol. The average molecular weight is 296 g/mol. The smallest absolute Gasteiger partial charge is 0.0460 e. The maximum atomic E-state index is 4.81. The number of nitrogens with zero attached hydrogens (tertiary/aromatic N) is 2. The molecule has 0 bridgehead atoms. The highest BCUT2D eigenvalue weighted by Crippen LogP contribution is 2.23. The Kier molecular flexibility index (Phi) is 4.69. The van der Waals surface area contributed by atoms with E-state index in [0.29, 0.717) is 0 Å². The van der Waals surface area contributed by atoms with Crippen LogP contribution in [0.15, 0.2) is 36.7 Å². The molecule has 0 atom stereocenters. The lowest BCUT2D eigenvalue weighted by molar-refractivity contribution is 0.565. The second-order valence-electron chi connectivity index (χ2n) is 8.10. The van der Waals surface area contributed by atoms with E-state index in [0.717, 1.165) is 24.2 Å². The van der Waals surface area contributed by atoms with Crippen molar-refractivity contribution in [3.63, 3.8) is 0 Å². The van der Waals surface area contributed by atoms with Crippen LogP contribution < -0.4 is 0 Å². The van der Waals surface area contributed by atoms with E-state index in [1.807, 2.05) is 12.4 Å². The fourth-order valence-electron chi connectivity index (χ4n) is 2.34. The lowest BCUT2D eigenvalue weighted by Crippen LogP contribution is -2.14. The van der Waals surface area contributed by atoms with E-state index in [9.17, 15) is 0 Å². The van der Waals surface area contributed by atoms with Gasteiger partial charge in [-0.1, -0.05) is 53.7 Å². The molecule has 0 aliphatic heterocycles. The Bertz CT molecular complexity index is 573. The normalized spacial score (nSPS) is 12.5. The first-order valence-corrected chi connectivity index (χ1v) is 8.07. The van der Waals surface area contributed by atoms with Crippen LogP contribution in [0.25, 0.3) is 0 Å². The van der Waals surface area contributed by atoms with E-state index in [-0.39, 0.29) is 10.8 Å². The molecule has 0 aliphatic rings. The lowest BCUT2D eigenvalue weighted by Gasteiger charge is -2.19. The van der Waals surface area contributed by atoms with Crippen molar-refractivity contribution in [2.24, 2.45) is 0 Å². The zero-order chi connectivity index (χ0) is 16.4. The summed E-state index contributed by atoms with van der Waals surface area (Å²) in [6.45, 7) is 13.3. The molecule has 0 aliphatic carbocycles. The zero-order valence-electron chi connectivity index (χ0n) is 14.8. The van der Waals surface area contributed by atoms with Gasteiger partial charge >= 0.3 is 0 Å². The molecule has 0 fully saturated rings. The minimum Gasteiger partial charge on any atom is -0.264 e. The summed E-state index contributed by atoms with van der Waals surface area (Å²) in [6, 6.07) is 8.63. The van der Waals surface area contributed by atoms with E-state index in [2.05, 4.69) is 70.8 Å².